The number of rotatable bonds is 6. The van der Waals surface area contributed by atoms with Crippen LogP contribution in [0.1, 0.15) is 23.1 Å². The van der Waals surface area contributed by atoms with E-state index >= 15 is 0 Å². The fraction of sp³-hybridized carbons (Fsp3) is 0.391. The molecule has 0 spiro atoms. The predicted molar refractivity (Wildman–Crippen MR) is 109 cm³/mol. The molecule has 1 saturated heterocycles. The van der Waals surface area contributed by atoms with E-state index in [2.05, 4.69) is 0 Å². The Hall–Kier alpha value is -2.66. The Kier molecular flexibility index (Phi) is 6.82. The second kappa shape index (κ2) is 9.51. The van der Waals surface area contributed by atoms with Crippen LogP contribution in [0.25, 0.3) is 0 Å². The molecule has 2 aromatic rings. The number of aryl methyl sites for hydroxylation is 1. The van der Waals surface area contributed by atoms with Crippen LogP contribution in [0.15, 0.2) is 54.6 Å². The van der Waals surface area contributed by atoms with Crippen molar-refractivity contribution in [1.82, 2.24) is 9.80 Å². The van der Waals surface area contributed by atoms with Gasteiger partial charge in [-0.25, -0.2) is 0 Å². The highest BCUT2D eigenvalue weighted by Gasteiger charge is 2.28. The van der Waals surface area contributed by atoms with Crippen molar-refractivity contribution < 1.29 is 14.7 Å². The van der Waals surface area contributed by atoms with Gasteiger partial charge in [-0.3, -0.25) is 9.59 Å². The van der Waals surface area contributed by atoms with Gasteiger partial charge in [0, 0.05) is 26.1 Å². The summed E-state index contributed by atoms with van der Waals surface area (Å²) in [5, 5.41) is 9.87. The molecule has 1 aliphatic heterocycles. The van der Waals surface area contributed by atoms with Crippen LogP contribution in [0.3, 0.4) is 0 Å². The number of carbonyl (C=O) groups excluding carboxylic acids is 2. The molecular formula is C23H28N2O3. The number of aliphatic hydroxyl groups is 1. The molecule has 0 bridgehead atoms. The summed E-state index contributed by atoms with van der Waals surface area (Å²) in [6, 6.07) is 17.6. The molecule has 0 aromatic heterocycles. The maximum absolute atomic E-state index is 12.7. The van der Waals surface area contributed by atoms with Crippen molar-refractivity contribution in [1.29, 1.82) is 0 Å². The van der Waals surface area contributed by atoms with E-state index in [0.717, 1.165) is 16.7 Å². The van der Waals surface area contributed by atoms with Gasteiger partial charge in [0.25, 0.3) is 0 Å². The fourth-order valence-corrected chi connectivity index (χ4v) is 3.74. The summed E-state index contributed by atoms with van der Waals surface area (Å²) >= 11 is 0. The molecule has 0 aliphatic carbocycles. The third kappa shape index (κ3) is 5.20. The Labute approximate surface area is 166 Å². The third-order valence-electron chi connectivity index (χ3n) is 5.28. The molecule has 1 atom stereocenters. The summed E-state index contributed by atoms with van der Waals surface area (Å²) in [5.41, 5.74) is 3.22. The summed E-state index contributed by atoms with van der Waals surface area (Å²) in [4.78, 5) is 28.9. The minimum atomic E-state index is -0.262. The van der Waals surface area contributed by atoms with E-state index in [9.17, 15) is 14.7 Å². The Bertz CT molecular complexity index is 807. The average molecular weight is 380 g/mol. The van der Waals surface area contributed by atoms with Crippen molar-refractivity contribution >= 4 is 11.8 Å². The second-order valence-corrected chi connectivity index (χ2v) is 7.41. The minimum absolute atomic E-state index is 0.000775. The van der Waals surface area contributed by atoms with Crippen molar-refractivity contribution in [3.63, 3.8) is 0 Å². The van der Waals surface area contributed by atoms with Crippen molar-refractivity contribution in [3.8, 4) is 0 Å². The van der Waals surface area contributed by atoms with Crippen LogP contribution in [0.5, 0.6) is 0 Å². The monoisotopic (exact) mass is 380 g/mol. The van der Waals surface area contributed by atoms with Crippen LogP contribution < -0.4 is 0 Å². The lowest BCUT2D eigenvalue weighted by Gasteiger charge is -2.30. The molecule has 1 heterocycles. The van der Waals surface area contributed by atoms with Crippen molar-refractivity contribution in [2.24, 2.45) is 0 Å². The zero-order valence-electron chi connectivity index (χ0n) is 16.4. The minimum Gasteiger partial charge on any atom is -0.394 e. The summed E-state index contributed by atoms with van der Waals surface area (Å²) in [6.07, 6.45) is 1.26. The smallest absolute Gasteiger partial charge is 0.227 e. The lowest BCUT2D eigenvalue weighted by Crippen LogP contribution is -2.45. The standard InChI is InChI=1S/C23H28N2O3/c1-18-6-5-9-20(14-18)16-23(28)24-11-10-22(27)25(13-12-24)21(17-26)15-19-7-3-2-4-8-19/h2-9,14,21,26H,10-13,15-17H2,1H3/t21-/m0/s1. The van der Waals surface area contributed by atoms with Gasteiger partial charge in [-0.15, -0.1) is 0 Å². The van der Waals surface area contributed by atoms with E-state index < -0.39 is 0 Å². The van der Waals surface area contributed by atoms with Crippen LogP contribution in [-0.4, -0.2) is 59.0 Å². The number of nitrogens with zero attached hydrogens (tertiary/aromatic N) is 2. The Balaban J connectivity index is 1.63. The molecule has 148 valence electrons. The number of hydrogen-bond donors (Lipinski definition) is 1. The van der Waals surface area contributed by atoms with Crippen LogP contribution in [0.4, 0.5) is 0 Å². The number of hydrogen-bond acceptors (Lipinski definition) is 3. The topological polar surface area (TPSA) is 60.9 Å². The highest BCUT2D eigenvalue weighted by atomic mass is 16.3. The van der Waals surface area contributed by atoms with Gasteiger partial charge in [-0.1, -0.05) is 60.2 Å². The molecule has 2 amide bonds. The van der Waals surface area contributed by atoms with Gasteiger partial charge in [-0.05, 0) is 24.5 Å². The predicted octanol–water partition coefficient (Wildman–Crippen LogP) is 2.20. The van der Waals surface area contributed by atoms with Gasteiger partial charge >= 0.3 is 0 Å². The summed E-state index contributed by atoms with van der Waals surface area (Å²) in [7, 11) is 0. The zero-order chi connectivity index (χ0) is 19.9. The summed E-state index contributed by atoms with van der Waals surface area (Å²) in [5.74, 6) is 0.0460. The van der Waals surface area contributed by atoms with Gasteiger partial charge in [-0.2, -0.15) is 0 Å². The molecular weight excluding hydrogens is 352 g/mol. The molecule has 5 heteroatoms. The van der Waals surface area contributed by atoms with Gasteiger partial charge < -0.3 is 14.9 Å². The van der Waals surface area contributed by atoms with Crippen LogP contribution in [-0.2, 0) is 22.4 Å². The molecule has 3 rings (SSSR count). The van der Waals surface area contributed by atoms with E-state index in [1.54, 1.807) is 9.80 Å². The van der Waals surface area contributed by atoms with Crippen LogP contribution in [0.2, 0.25) is 0 Å². The average Bonchev–Trinajstić information content (AvgIpc) is 2.89. The maximum Gasteiger partial charge on any atom is 0.227 e. The molecule has 1 fully saturated rings. The fourth-order valence-electron chi connectivity index (χ4n) is 3.74. The first-order valence-corrected chi connectivity index (χ1v) is 9.84. The summed E-state index contributed by atoms with van der Waals surface area (Å²) < 4.78 is 0. The zero-order valence-corrected chi connectivity index (χ0v) is 16.4. The second-order valence-electron chi connectivity index (χ2n) is 7.41. The number of amides is 2. The number of benzene rings is 2. The van der Waals surface area contributed by atoms with Crippen LogP contribution in [0, 0.1) is 6.92 Å². The lowest BCUT2D eigenvalue weighted by molar-refractivity contribution is -0.133. The molecule has 5 nitrogen and oxygen atoms in total. The van der Waals surface area contributed by atoms with Gasteiger partial charge in [0.1, 0.15) is 0 Å². The lowest BCUT2D eigenvalue weighted by atomic mass is 10.0. The number of aliphatic hydroxyl groups excluding tert-OH is 1. The highest BCUT2D eigenvalue weighted by molar-refractivity contribution is 5.81. The highest BCUT2D eigenvalue weighted by Crippen LogP contribution is 2.15. The maximum atomic E-state index is 12.7. The van der Waals surface area contributed by atoms with Crippen LogP contribution >= 0.6 is 0 Å². The van der Waals surface area contributed by atoms with E-state index in [1.807, 2.05) is 61.5 Å². The molecule has 28 heavy (non-hydrogen) atoms. The molecule has 1 N–H and O–H groups in total. The van der Waals surface area contributed by atoms with E-state index in [0.29, 0.717) is 38.9 Å². The Morgan fingerprint density at radius 3 is 2.50 bits per heavy atom. The first kappa shape index (κ1) is 20.1. The molecule has 0 saturated carbocycles. The molecule has 2 aromatic carbocycles. The van der Waals surface area contributed by atoms with Gasteiger partial charge in [0.15, 0.2) is 0 Å². The van der Waals surface area contributed by atoms with Crippen molar-refractivity contribution in [2.75, 3.05) is 26.2 Å². The van der Waals surface area contributed by atoms with Crippen molar-refractivity contribution in [2.45, 2.75) is 32.2 Å². The molecule has 0 unspecified atom stereocenters. The molecule has 1 aliphatic rings. The third-order valence-corrected chi connectivity index (χ3v) is 5.28. The van der Waals surface area contributed by atoms with E-state index in [-0.39, 0.29) is 24.5 Å². The van der Waals surface area contributed by atoms with Gasteiger partial charge in [0.05, 0.1) is 19.1 Å². The first-order valence-electron chi connectivity index (χ1n) is 9.84. The Morgan fingerprint density at radius 1 is 1.04 bits per heavy atom. The van der Waals surface area contributed by atoms with E-state index in [1.165, 1.54) is 0 Å². The SMILES string of the molecule is Cc1cccc(CC(=O)N2CCC(=O)N([C@H](CO)Cc3ccccc3)CC2)c1. The molecule has 0 radical (unpaired) electrons. The largest absolute Gasteiger partial charge is 0.394 e. The Morgan fingerprint density at radius 2 is 1.79 bits per heavy atom. The summed E-state index contributed by atoms with van der Waals surface area (Å²) in [6.45, 7) is 3.32. The first-order chi connectivity index (χ1) is 13.6. The van der Waals surface area contributed by atoms with Gasteiger partial charge in [0.2, 0.25) is 11.8 Å². The normalized spacial score (nSPS) is 16.0. The van der Waals surface area contributed by atoms with E-state index in [4.69, 9.17) is 0 Å². The van der Waals surface area contributed by atoms with Crippen molar-refractivity contribution in [3.05, 3.63) is 71.3 Å². The quantitative estimate of drug-likeness (QED) is 0.836. The number of carbonyl (C=O) groups is 2.